The fourth-order valence-electron chi connectivity index (χ4n) is 2.26. The van der Waals surface area contributed by atoms with Crippen LogP contribution in [0.15, 0.2) is 18.2 Å². The van der Waals surface area contributed by atoms with Crippen LogP contribution in [-0.2, 0) is 11.3 Å². The van der Waals surface area contributed by atoms with E-state index in [1.807, 2.05) is 12.1 Å². The minimum atomic E-state index is 0.265. The zero-order chi connectivity index (χ0) is 13.0. The van der Waals surface area contributed by atoms with E-state index in [9.17, 15) is 0 Å². The maximum atomic E-state index is 8.90. The molecule has 1 aromatic rings. The predicted molar refractivity (Wildman–Crippen MR) is 68.1 cm³/mol. The Hall–Kier alpha value is -1.57. The highest BCUT2D eigenvalue weighted by molar-refractivity contribution is 5.45. The Morgan fingerprint density at radius 3 is 2.89 bits per heavy atom. The Morgan fingerprint density at radius 1 is 1.44 bits per heavy atom. The van der Waals surface area contributed by atoms with Crippen LogP contribution in [0.25, 0.3) is 0 Å². The lowest BCUT2D eigenvalue weighted by Gasteiger charge is -2.12. The molecule has 1 aliphatic carbocycles. The van der Waals surface area contributed by atoms with E-state index in [4.69, 9.17) is 20.5 Å². The van der Waals surface area contributed by atoms with Crippen LogP contribution in [0.3, 0.4) is 0 Å². The topological polar surface area (TPSA) is 68.3 Å². The molecule has 1 saturated carbocycles. The van der Waals surface area contributed by atoms with E-state index < -0.39 is 0 Å². The molecule has 2 rings (SSSR count). The first-order valence-corrected chi connectivity index (χ1v) is 6.17. The first kappa shape index (κ1) is 12.9. The number of rotatable bonds is 4. The molecule has 1 fully saturated rings. The van der Waals surface area contributed by atoms with Gasteiger partial charge >= 0.3 is 0 Å². The van der Waals surface area contributed by atoms with Crippen molar-refractivity contribution in [3.63, 3.8) is 0 Å². The average molecular weight is 246 g/mol. The summed E-state index contributed by atoms with van der Waals surface area (Å²) in [5.74, 6) is 0.599. The van der Waals surface area contributed by atoms with Gasteiger partial charge in [0.05, 0.1) is 25.4 Å². The third-order valence-electron chi connectivity index (χ3n) is 3.30. The SMILES string of the molecule is COc1cc(COC2CCC(N)C2)ccc1C#N. The van der Waals surface area contributed by atoms with Gasteiger partial charge in [-0.15, -0.1) is 0 Å². The molecule has 1 aromatic carbocycles. The van der Waals surface area contributed by atoms with Crippen molar-refractivity contribution in [2.45, 2.75) is 38.0 Å². The van der Waals surface area contributed by atoms with Gasteiger partial charge in [0.2, 0.25) is 0 Å². The first-order chi connectivity index (χ1) is 8.72. The quantitative estimate of drug-likeness (QED) is 0.881. The van der Waals surface area contributed by atoms with Gasteiger partial charge in [0, 0.05) is 6.04 Å². The second-order valence-corrected chi connectivity index (χ2v) is 4.65. The van der Waals surface area contributed by atoms with Crippen molar-refractivity contribution in [3.8, 4) is 11.8 Å². The molecule has 96 valence electrons. The van der Waals surface area contributed by atoms with E-state index in [1.165, 1.54) is 0 Å². The smallest absolute Gasteiger partial charge is 0.136 e. The molecule has 2 unspecified atom stereocenters. The molecular formula is C14H18N2O2. The summed E-state index contributed by atoms with van der Waals surface area (Å²) in [6, 6.07) is 7.89. The van der Waals surface area contributed by atoms with E-state index >= 15 is 0 Å². The highest BCUT2D eigenvalue weighted by Crippen LogP contribution is 2.23. The number of hydrogen-bond donors (Lipinski definition) is 1. The third-order valence-corrected chi connectivity index (χ3v) is 3.30. The molecule has 4 nitrogen and oxygen atoms in total. The summed E-state index contributed by atoms with van der Waals surface area (Å²) in [5, 5.41) is 8.90. The molecular weight excluding hydrogens is 228 g/mol. The number of methoxy groups -OCH3 is 1. The predicted octanol–water partition coefficient (Wildman–Crippen LogP) is 1.96. The average Bonchev–Trinajstić information content (AvgIpc) is 2.81. The Bertz CT molecular complexity index is 454. The number of nitrogens with zero attached hydrogens (tertiary/aromatic N) is 1. The molecule has 0 amide bonds. The molecule has 0 aliphatic heterocycles. The summed E-state index contributed by atoms with van der Waals surface area (Å²) in [7, 11) is 1.57. The van der Waals surface area contributed by atoms with Crippen molar-refractivity contribution < 1.29 is 9.47 Å². The van der Waals surface area contributed by atoms with E-state index in [0.29, 0.717) is 17.9 Å². The van der Waals surface area contributed by atoms with E-state index in [0.717, 1.165) is 24.8 Å². The van der Waals surface area contributed by atoms with Gasteiger partial charge < -0.3 is 15.2 Å². The van der Waals surface area contributed by atoms with Crippen molar-refractivity contribution in [1.82, 2.24) is 0 Å². The number of nitrogens with two attached hydrogens (primary N) is 1. The highest BCUT2D eigenvalue weighted by atomic mass is 16.5. The van der Waals surface area contributed by atoms with E-state index in [2.05, 4.69) is 6.07 Å². The van der Waals surface area contributed by atoms with Crippen molar-refractivity contribution in [3.05, 3.63) is 29.3 Å². The zero-order valence-corrected chi connectivity index (χ0v) is 10.6. The van der Waals surface area contributed by atoms with E-state index in [1.54, 1.807) is 13.2 Å². The maximum absolute atomic E-state index is 8.90. The fraction of sp³-hybridized carbons (Fsp3) is 0.500. The Kier molecular flexibility index (Phi) is 4.19. The molecule has 0 radical (unpaired) electrons. The zero-order valence-electron chi connectivity index (χ0n) is 10.6. The minimum absolute atomic E-state index is 0.265. The number of ether oxygens (including phenoxy) is 2. The lowest BCUT2D eigenvalue weighted by Crippen LogP contribution is -2.17. The van der Waals surface area contributed by atoms with Crippen LogP contribution in [0.5, 0.6) is 5.75 Å². The standard InChI is InChI=1S/C14H18N2O2/c1-17-14-6-10(2-3-11(14)8-15)9-18-13-5-4-12(16)7-13/h2-3,6,12-13H,4-5,7,9,16H2,1H3. The number of benzene rings is 1. The summed E-state index contributed by atoms with van der Waals surface area (Å²) < 4.78 is 11.0. The number of hydrogen-bond acceptors (Lipinski definition) is 4. The van der Waals surface area contributed by atoms with Crippen LogP contribution in [0.1, 0.15) is 30.4 Å². The van der Waals surface area contributed by atoms with Gasteiger partial charge in [0.1, 0.15) is 11.8 Å². The lowest BCUT2D eigenvalue weighted by atomic mass is 10.1. The molecule has 2 N–H and O–H groups in total. The van der Waals surface area contributed by atoms with Gasteiger partial charge in [0.15, 0.2) is 0 Å². The molecule has 4 heteroatoms. The Labute approximate surface area is 107 Å². The van der Waals surface area contributed by atoms with Crippen LogP contribution in [0, 0.1) is 11.3 Å². The molecule has 0 aromatic heterocycles. The Balaban J connectivity index is 1.95. The maximum Gasteiger partial charge on any atom is 0.136 e. The summed E-state index contributed by atoms with van der Waals surface area (Å²) in [5.41, 5.74) is 7.41. The summed E-state index contributed by atoms with van der Waals surface area (Å²) in [6.45, 7) is 0.541. The molecule has 0 heterocycles. The van der Waals surface area contributed by atoms with Gasteiger partial charge in [-0.3, -0.25) is 0 Å². The minimum Gasteiger partial charge on any atom is -0.495 e. The molecule has 0 saturated heterocycles. The van der Waals surface area contributed by atoms with Gasteiger partial charge in [-0.05, 0) is 37.0 Å². The molecule has 2 atom stereocenters. The van der Waals surface area contributed by atoms with Crippen molar-refractivity contribution >= 4 is 0 Å². The normalized spacial score (nSPS) is 22.7. The van der Waals surface area contributed by atoms with Crippen LogP contribution in [-0.4, -0.2) is 19.3 Å². The number of nitriles is 1. The van der Waals surface area contributed by atoms with Crippen LogP contribution >= 0.6 is 0 Å². The third kappa shape index (κ3) is 3.00. The second-order valence-electron chi connectivity index (χ2n) is 4.65. The molecule has 0 spiro atoms. The fourth-order valence-corrected chi connectivity index (χ4v) is 2.26. The van der Waals surface area contributed by atoms with Crippen LogP contribution < -0.4 is 10.5 Å². The van der Waals surface area contributed by atoms with Crippen LogP contribution in [0.4, 0.5) is 0 Å². The monoisotopic (exact) mass is 246 g/mol. The van der Waals surface area contributed by atoms with Gasteiger partial charge in [-0.2, -0.15) is 5.26 Å². The van der Waals surface area contributed by atoms with Gasteiger partial charge in [0.25, 0.3) is 0 Å². The van der Waals surface area contributed by atoms with E-state index in [-0.39, 0.29) is 12.1 Å². The highest BCUT2D eigenvalue weighted by Gasteiger charge is 2.22. The second kappa shape index (κ2) is 5.85. The molecule has 0 bridgehead atoms. The summed E-state index contributed by atoms with van der Waals surface area (Å²) in [4.78, 5) is 0. The van der Waals surface area contributed by atoms with Crippen molar-refractivity contribution in [2.75, 3.05) is 7.11 Å². The molecule has 18 heavy (non-hydrogen) atoms. The van der Waals surface area contributed by atoms with Crippen molar-refractivity contribution in [2.24, 2.45) is 5.73 Å². The Morgan fingerprint density at radius 2 is 2.28 bits per heavy atom. The van der Waals surface area contributed by atoms with Crippen molar-refractivity contribution in [1.29, 1.82) is 5.26 Å². The first-order valence-electron chi connectivity index (χ1n) is 6.17. The van der Waals surface area contributed by atoms with Gasteiger partial charge in [-0.25, -0.2) is 0 Å². The largest absolute Gasteiger partial charge is 0.495 e. The lowest BCUT2D eigenvalue weighted by molar-refractivity contribution is 0.0447. The molecule has 1 aliphatic rings. The summed E-state index contributed by atoms with van der Waals surface area (Å²) in [6.07, 6.45) is 3.28. The van der Waals surface area contributed by atoms with Gasteiger partial charge in [-0.1, -0.05) is 6.07 Å². The summed E-state index contributed by atoms with van der Waals surface area (Å²) >= 11 is 0. The van der Waals surface area contributed by atoms with Crippen LogP contribution in [0.2, 0.25) is 0 Å².